The number of hydrogen-bond acceptors (Lipinski definition) is 6. The maximum absolute atomic E-state index is 13.0. The number of hydrogen-bond donors (Lipinski definition) is 3. The van der Waals surface area contributed by atoms with Crippen LogP contribution >= 0.6 is 0 Å². The SMILES string of the molecule is COc1nc(N[C@@H]2CCNC2)ncc1F.O=C(O)C(F)(F)F. The minimum atomic E-state index is -5.08. The molecule has 1 aliphatic heterocycles. The lowest BCUT2D eigenvalue weighted by Crippen LogP contribution is -2.23. The van der Waals surface area contributed by atoms with Crippen molar-refractivity contribution in [3.63, 3.8) is 0 Å². The maximum Gasteiger partial charge on any atom is 0.490 e. The first-order valence-corrected chi connectivity index (χ1v) is 6.08. The van der Waals surface area contributed by atoms with Crippen LogP contribution in [-0.4, -0.2) is 53.5 Å². The Morgan fingerprint density at radius 2 is 2.18 bits per heavy atom. The third kappa shape index (κ3) is 5.68. The van der Waals surface area contributed by atoms with Gasteiger partial charge >= 0.3 is 12.1 Å². The van der Waals surface area contributed by atoms with Crippen LogP contribution in [0, 0.1) is 5.82 Å². The third-order valence-electron chi connectivity index (χ3n) is 2.54. The largest absolute Gasteiger partial charge is 0.490 e. The lowest BCUT2D eigenvalue weighted by molar-refractivity contribution is -0.192. The number of carboxylic acids is 1. The average molecular weight is 326 g/mol. The van der Waals surface area contributed by atoms with Gasteiger partial charge < -0.3 is 20.5 Å². The van der Waals surface area contributed by atoms with Gasteiger partial charge in [0.05, 0.1) is 13.3 Å². The molecule has 0 saturated carbocycles. The Balaban J connectivity index is 0.000000295. The van der Waals surface area contributed by atoms with Crippen molar-refractivity contribution in [2.24, 2.45) is 0 Å². The lowest BCUT2D eigenvalue weighted by atomic mass is 10.3. The molecule has 1 aromatic heterocycles. The Hall–Kier alpha value is -2.17. The molecule has 0 bridgehead atoms. The average Bonchev–Trinajstić information content (AvgIpc) is 2.93. The van der Waals surface area contributed by atoms with Gasteiger partial charge in [-0.05, 0) is 13.0 Å². The first-order chi connectivity index (χ1) is 10.2. The van der Waals surface area contributed by atoms with E-state index in [9.17, 15) is 17.6 Å². The second-order valence-corrected chi connectivity index (χ2v) is 4.19. The summed E-state index contributed by atoms with van der Waals surface area (Å²) in [6.45, 7) is 1.86. The predicted octanol–water partition coefficient (Wildman–Crippen LogP) is 1.03. The highest BCUT2D eigenvalue weighted by atomic mass is 19.4. The van der Waals surface area contributed by atoms with Gasteiger partial charge in [-0.3, -0.25) is 0 Å². The Labute approximate surface area is 122 Å². The number of nitrogens with one attached hydrogen (secondary N) is 2. The number of aromatic nitrogens is 2. The van der Waals surface area contributed by atoms with Gasteiger partial charge in [0, 0.05) is 12.6 Å². The number of nitrogens with zero attached hydrogens (tertiary/aromatic N) is 2. The molecule has 3 N–H and O–H groups in total. The summed E-state index contributed by atoms with van der Waals surface area (Å²) in [7, 11) is 1.38. The summed E-state index contributed by atoms with van der Waals surface area (Å²) in [5.74, 6) is -2.93. The van der Waals surface area contributed by atoms with E-state index >= 15 is 0 Å². The van der Waals surface area contributed by atoms with E-state index in [2.05, 4.69) is 20.6 Å². The zero-order chi connectivity index (χ0) is 16.8. The Bertz CT molecular complexity index is 507. The van der Waals surface area contributed by atoms with Crippen LogP contribution in [0.2, 0.25) is 0 Å². The first kappa shape index (κ1) is 17.9. The molecule has 11 heteroatoms. The Morgan fingerprint density at radius 1 is 1.55 bits per heavy atom. The van der Waals surface area contributed by atoms with Crippen LogP contribution in [0.25, 0.3) is 0 Å². The van der Waals surface area contributed by atoms with Gasteiger partial charge in [-0.15, -0.1) is 0 Å². The molecular formula is C11H14F4N4O3. The lowest BCUT2D eigenvalue weighted by Gasteiger charge is -2.11. The fraction of sp³-hybridized carbons (Fsp3) is 0.545. The molecule has 22 heavy (non-hydrogen) atoms. The van der Waals surface area contributed by atoms with Crippen LogP contribution in [-0.2, 0) is 4.79 Å². The highest BCUT2D eigenvalue weighted by Gasteiger charge is 2.38. The number of aliphatic carboxylic acids is 1. The molecule has 1 aliphatic rings. The highest BCUT2D eigenvalue weighted by Crippen LogP contribution is 2.15. The fourth-order valence-electron chi connectivity index (χ4n) is 1.52. The van der Waals surface area contributed by atoms with Gasteiger partial charge in [0.1, 0.15) is 0 Å². The molecule has 0 unspecified atom stereocenters. The molecule has 2 rings (SSSR count). The molecule has 1 aromatic rings. The number of alkyl halides is 3. The first-order valence-electron chi connectivity index (χ1n) is 6.08. The quantitative estimate of drug-likeness (QED) is 0.714. The normalized spacial score (nSPS) is 17.4. The molecule has 1 fully saturated rings. The van der Waals surface area contributed by atoms with E-state index < -0.39 is 18.0 Å². The Morgan fingerprint density at radius 3 is 2.64 bits per heavy atom. The fourth-order valence-corrected chi connectivity index (χ4v) is 1.52. The van der Waals surface area contributed by atoms with Gasteiger partial charge in [0.2, 0.25) is 11.8 Å². The van der Waals surface area contributed by atoms with Crippen LogP contribution in [0.3, 0.4) is 0 Å². The molecule has 1 atom stereocenters. The second kappa shape index (κ2) is 7.73. The molecule has 7 nitrogen and oxygen atoms in total. The van der Waals surface area contributed by atoms with Crippen molar-refractivity contribution in [2.45, 2.75) is 18.6 Å². The van der Waals surface area contributed by atoms with E-state index in [-0.39, 0.29) is 5.88 Å². The second-order valence-electron chi connectivity index (χ2n) is 4.19. The summed E-state index contributed by atoms with van der Waals surface area (Å²) in [6, 6.07) is 0.306. The van der Waals surface area contributed by atoms with Crippen LogP contribution in [0.1, 0.15) is 6.42 Å². The van der Waals surface area contributed by atoms with E-state index in [1.54, 1.807) is 0 Å². The number of carbonyl (C=O) groups is 1. The van der Waals surface area contributed by atoms with E-state index in [0.29, 0.717) is 12.0 Å². The number of anilines is 1. The third-order valence-corrected chi connectivity index (χ3v) is 2.54. The number of rotatable bonds is 3. The predicted molar refractivity (Wildman–Crippen MR) is 67.1 cm³/mol. The molecule has 2 heterocycles. The molecule has 0 spiro atoms. The van der Waals surface area contributed by atoms with Crippen molar-refractivity contribution in [1.29, 1.82) is 0 Å². The summed E-state index contributed by atoms with van der Waals surface area (Å²) in [5, 5.41) is 13.4. The molecule has 0 aromatic carbocycles. The number of methoxy groups -OCH3 is 1. The van der Waals surface area contributed by atoms with E-state index in [0.717, 1.165) is 25.7 Å². The summed E-state index contributed by atoms with van der Waals surface area (Å²) in [5.41, 5.74) is 0. The molecule has 0 aliphatic carbocycles. The Kier molecular flexibility index (Phi) is 6.28. The number of halogens is 4. The van der Waals surface area contributed by atoms with Gasteiger partial charge in [-0.25, -0.2) is 9.78 Å². The monoisotopic (exact) mass is 326 g/mol. The minimum Gasteiger partial charge on any atom is -0.479 e. The van der Waals surface area contributed by atoms with Crippen LogP contribution in [0.5, 0.6) is 5.88 Å². The zero-order valence-corrected chi connectivity index (χ0v) is 11.4. The summed E-state index contributed by atoms with van der Waals surface area (Å²) < 4.78 is 49.5. The minimum absolute atomic E-state index is 0.0292. The van der Waals surface area contributed by atoms with Gasteiger partial charge in [0.25, 0.3) is 5.88 Å². The smallest absolute Gasteiger partial charge is 0.479 e. The maximum atomic E-state index is 13.0. The summed E-state index contributed by atoms with van der Waals surface area (Å²) in [6.07, 6.45) is -2.96. The van der Waals surface area contributed by atoms with Crippen LogP contribution in [0.15, 0.2) is 6.20 Å². The van der Waals surface area contributed by atoms with Crippen molar-refractivity contribution >= 4 is 11.9 Å². The molecular weight excluding hydrogens is 312 g/mol. The van der Waals surface area contributed by atoms with Crippen LogP contribution in [0.4, 0.5) is 23.5 Å². The zero-order valence-electron chi connectivity index (χ0n) is 11.4. The van der Waals surface area contributed by atoms with E-state index in [1.165, 1.54) is 7.11 Å². The standard InChI is InChI=1S/C9H13FN4O.C2HF3O2/c1-15-8-7(10)5-12-9(14-8)13-6-2-3-11-4-6;3-2(4,5)1(6)7/h5-6,11H,2-4H2,1H3,(H,12,13,14);(H,6,7)/t6-;/m1./s1. The van der Waals surface area contributed by atoms with Crippen molar-refractivity contribution in [2.75, 3.05) is 25.5 Å². The van der Waals surface area contributed by atoms with Gasteiger partial charge in [0.15, 0.2) is 0 Å². The van der Waals surface area contributed by atoms with Crippen molar-refractivity contribution in [3.8, 4) is 5.88 Å². The van der Waals surface area contributed by atoms with E-state index in [4.69, 9.17) is 14.6 Å². The topological polar surface area (TPSA) is 96.4 Å². The van der Waals surface area contributed by atoms with Crippen LogP contribution < -0.4 is 15.4 Å². The van der Waals surface area contributed by atoms with Crippen molar-refractivity contribution in [3.05, 3.63) is 12.0 Å². The summed E-state index contributed by atoms with van der Waals surface area (Å²) >= 11 is 0. The molecule has 1 saturated heterocycles. The van der Waals surface area contributed by atoms with Gasteiger partial charge in [-0.2, -0.15) is 22.5 Å². The number of ether oxygens (including phenoxy) is 1. The highest BCUT2D eigenvalue weighted by molar-refractivity contribution is 5.73. The van der Waals surface area contributed by atoms with E-state index in [1.807, 2.05) is 0 Å². The molecule has 124 valence electrons. The molecule has 0 radical (unpaired) electrons. The van der Waals surface area contributed by atoms with Crippen molar-refractivity contribution in [1.82, 2.24) is 15.3 Å². The van der Waals surface area contributed by atoms with Gasteiger partial charge in [-0.1, -0.05) is 0 Å². The van der Waals surface area contributed by atoms with Crippen molar-refractivity contribution < 1.29 is 32.2 Å². The summed E-state index contributed by atoms with van der Waals surface area (Å²) in [4.78, 5) is 16.6. The number of carboxylic acid groups (broad SMARTS) is 1. The molecule has 0 amide bonds.